The minimum Gasteiger partial charge on any atom is -0.449 e. The average molecular weight is 355 g/mol. The molecule has 3 aliphatic rings. The lowest BCUT2D eigenvalue weighted by Gasteiger charge is -2.17. The van der Waals surface area contributed by atoms with Gasteiger partial charge in [0.2, 0.25) is 15.6 Å². The zero-order valence-corrected chi connectivity index (χ0v) is 14.9. The Morgan fingerprint density at radius 2 is 1.96 bits per heavy atom. The number of benzene rings is 1. The van der Waals surface area contributed by atoms with Crippen molar-refractivity contribution in [2.24, 2.45) is 11.8 Å². The predicted molar refractivity (Wildman–Crippen MR) is 87.6 cm³/mol. The van der Waals surface area contributed by atoms with Gasteiger partial charge in [-0.25, -0.2) is 8.42 Å². The Balaban J connectivity index is 1.87. The highest BCUT2D eigenvalue weighted by atomic mass is 35.5. The van der Waals surface area contributed by atoms with Gasteiger partial charge in [0.05, 0.1) is 0 Å². The molecule has 1 saturated carbocycles. The van der Waals surface area contributed by atoms with Gasteiger partial charge in [0, 0.05) is 29.3 Å². The average Bonchev–Trinajstić information content (AvgIpc) is 3.17. The van der Waals surface area contributed by atoms with E-state index in [1.807, 2.05) is 6.08 Å². The Kier molecular flexibility index (Phi) is 3.11. The van der Waals surface area contributed by atoms with Crippen molar-refractivity contribution in [1.29, 1.82) is 0 Å². The molecular formula is C17H19ClO4S. The molecule has 23 heavy (non-hydrogen) atoms. The molecule has 1 fully saturated rings. The summed E-state index contributed by atoms with van der Waals surface area (Å²) in [7, 11) is -3.61. The molecule has 4 nitrogen and oxygen atoms in total. The van der Waals surface area contributed by atoms with E-state index in [-0.39, 0.29) is 10.6 Å². The first-order chi connectivity index (χ1) is 10.7. The Hall–Kier alpha value is -1.20. The minimum absolute atomic E-state index is 0.124. The summed E-state index contributed by atoms with van der Waals surface area (Å²) in [6, 6.07) is 1.50. The summed E-state index contributed by atoms with van der Waals surface area (Å²) in [4.78, 5) is 0.616. The summed E-state index contributed by atoms with van der Waals surface area (Å²) in [5.74, 6) is 0.929. The van der Waals surface area contributed by atoms with Crippen LogP contribution in [0.2, 0.25) is 5.02 Å². The van der Waals surface area contributed by atoms with Crippen molar-refractivity contribution >= 4 is 21.4 Å². The molecule has 0 N–H and O–H groups in total. The Labute approximate surface area is 141 Å². The van der Waals surface area contributed by atoms with Crippen LogP contribution in [0.3, 0.4) is 0 Å². The fraction of sp³-hybridized carbons (Fsp3) is 0.529. The van der Waals surface area contributed by atoms with Gasteiger partial charge in [0.1, 0.15) is 4.90 Å². The van der Waals surface area contributed by atoms with Crippen LogP contribution in [0.1, 0.15) is 38.7 Å². The molecule has 2 aliphatic carbocycles. The maximum atomic E-state index is 13.1. The molecule has 6 heteroatoms. The SMILES string of the molecule is Cc1c(Cl)cc(S(=O)(=O)C2=CC3CC3CC2)c2c1OC(C)(C)O2. The molecule has 2 unspecified atom stereocenters. The van der Waals surface area contributed by atoms with Crippen LogP contribution in [0.4, 0.5) is 0 Å². The van der Waals surface area contributed by atoms with E-state index in [2.05, 4.69) is 0 Å². The number of hydrogen-bond acceptors (Lipinski definition) is 4. The summed E-state index contributed by atoms with van der Waals surface area (Å²) in [5.41, 5.74) is 0.700. The number of halogens is 1. The summed E-state index contributed by atoms with van der Waals surface area (Å²) in [5, 5.41) is 0.379. The van der Waals surface area contributed by atoms with Gasteiger partial charge < -0.3 is 9.47 Å². The van der Waals surface area contributed by atoms with Gasteiger partial charge in [0.25, 0.3) is 0 Å². The third-order valence-electron chi connectivity index (χ3n) is 4.86. The van der Waals surface area contributed by atoms with Crippen LogP contribution in [0, 0.1) is 18.8 Å². The van der Waals surface area contributed by atoms with Gasteiger partial charge in [-0.1, -0.05) is 17.7 Å². The summed E-state index contributed by atoms with van der Waals surface area (Å²) >= 11 is 6.25. The molecular weight excluding hydrogens is 336 g/mol. The number of rotatable bonds is 2. The third kappa shape index (κ3) is 2.36. The molecule has 0 aromatic heterocycles. The van der Waals surface area contributed by atoms with Crippen molar-refractivity contribution < 1.29 is 17.9 Å². The quantitative estimate of drug-likeness (QED) is 0.797. The molecule has 0 bridgehead atoms. The first-order valence-corrected chi connectivity index (χ1v) is 9.72. The number of allylic oxidation sites excluding steroid dienone is 2. The molecule has 124 valence electrons. The van der Waals surface area contributed by atoms with E-state index < -0.39 is 15.6 Å². The van der Waals surface area contributed by atoms with Crippen molar-refractivity contribution in [3.8, 4) is 11.5 Å². The van der Waals surface area contributed by atoms with Crippen molar-refractivity contribution in [3.63, 3.8) is 0 Å². The van der Waals surface area contributed by atoms with E-state index in [4.69, 9.17) is 21.1 Å². The highest BCUT2D eigenvalue weighted by Crippen LogP contribution is 2.53. The van der Waals surface area contributed by atoms with Crippen molar-refractivity contribution in [2.45, 2.75) is 50.7 Å². The van der Waals surface area contributed by atoms with Gasteiger partial charge >= 0.3 is 0 Å². The number of fused-ring (bicyclic) bond motifs is 2. The molecule has 1 aromatic carbocycles. The van der Waals surface area contributed by atoms with Gasteiger partial charge in [-0.3, -0.25) is 0 Å². The first kappa shape index (κ1) is 15.3. The molecule has 1 aromatic rings. The standard InChI is InChI=1S/C17H19ClO4S/c1-9-13(18)8-14(16-15(9)21-17(2,3)22-16)23(19,20)12-5-4-10-6-11(10)7-12/h7-8,10-11H,4-6H2,1-3H3. The molecule has 2 atom stereocenters. The lowest BCUT2D eigenvalue weighted by Crippen LogP contribution is -2.30. The second-order valence-corrected chi connectivity index (χ2v) is 9.46. The Bertz CT molecular complexity index is 839. The number of ether oxygens (including phenoxy) is 2. The normalized spacial score (nSPS) is 27.4. The van der Waals surface area contributed by atoms with Gasteiger partial charge in [-0.2, -0.15) is 0 Å². The van der Waals surface area contributed by atoms with E-state index in [0.717, 1.165) is 12.8 Å². The Morgan fingerprint density at radius 3 is 2.65 bits per heavy atom. The van der Waals surface area contributed by atoms with E-state index in [9.17, 15) is 8.42 Å². The monoisotopic (exact) mass is 354 g/mol. The number of sulfone groups is 1. The number of hydrogen-bond donors (Lipinski definition) is 0. The summed E-state index contributed by atoms with van der Waals surface area (Å²) < 4.78 is 37.8. The second-order valence-electron chi connectivity index (χ2n) is 7.08. The predicted octanol–water partition coefficient (Wildman–Crippen LogP) is 4.24. The summed E-state index contributed by atoms with van der Waals surface area (Å²) in [6.07, 6.45) is 4.57. The van der Waals surface area contributed by atoms with E-state index in [1.165, 1.54) is 6.07 Å². The van der Waals surface area contributed by atoms with Gasteiger partial charge in [-0.05, 0) is 44.1 Å². The molecule has 1 aliphatic heterocycles. The maximum Gasteiger partial charge on any atom is 0.246 e. The van der Waals surface area contributed by atoms with Crippen molar-refractivity contribution in [1.82, 2.24) is 0 Å². The molecule has 0 radical (unpaired) electrons. The van der Waals surface area contributed by atoms with Gasteiger partial charge in [0.15, 0.2) is 11.5 Å². The summed E-state index contributed by atoms with van der Waals surface area (Å²) in [6.45, 7) is 5.31. The fourth-order valence-electron chi connectivity index (χ4n) is 3.43. The van der Waals surface area contributed by atoms with E-state index in [1.54, 1.807) is 20.8 Å². The van der Waals surface area contributed by atoms with Crippen LogP contribution in [-0.2, 0) is 9.84 Å². The molecule has 0 spiro atoms. The lowest BCUT2D eigenvalue weighted by atomic mass is 10.1. The lowest BCUT2D eigenvalue weighted by molar-refractivity contribution is -0.0444. The van der Waals surface area contributed by atoms with Crippen molar-refractivity contribution in [3.05, 3.63) is 27.6 Å². The van der Waals surface area contributed by atoms with Gasteiger partial charge in [-0.15, -0.1) is 0 Å². The molecule has 0 saturated heterocycles. The van der Waals surface area contributed by atoms with Crippen LogP contribution in [0.25, 0.3) is 0 Å². The highest BCUT2D eigenvalue weighted by molar-refractivity contribution is 7.95. The fourth-order valence-corrected chi connectivity index (χ4v) is 5.37. The molecule has 4 rings (SSSR count). The van der Waals surface area contributed by atoms with Crippen molar-refractivity contribution in [2.75, 3.05) is 0 Å². The van der Waals surface area contributed by atoms with Crippen LogP contribution >= 0.6 is 11.6 Å². The van der Waals surface area contributed by atoms with Crippen LogP contribution in [-0.4, -0.2) is 14.2 Å². The largest absolute Gasteiger partial charge is 0.449 e. The third-order valence-corrected chi connectivity index (χ3v) is 7.16. The Morgan fingerprint density at radius 1 is 1.26 bits per heavy atom. The minimum atomic E-state index is -3.61. The van der Waals surface area contributed by atoms with Crippen LogP contribution < -0.4 is 9.47 Å². The van der Waals surface area contributed by atoms with Crippen LogP contribution in [0.5, 0.6) is 11.5 Å². The first-order valence-electron chi connectivity index (χ1n) is 7.86. The molecule has 1 heterocycles. The topological polar surface area (TPSA) is 52.6 Å². The zero-order chi connectivity index (χ0) is 16.6. The second kappa shape index (κ2) is 4.67. The van der Waals surface area contributed by atoms with E-state index in [0.29, 0.717) is 39.5 Å². The van der Waals surface area contributed by atoms with E-state index >= 15 is 0 Å². The highest BCUT2D eigenvalue weighted by Gasteiger charge is 2.43. The van der Waals surface area contributed by atoms with Crippen LogP contribution in [0.15, 0.2) is 21.9 Å². The maximum absolute atomic E-state index is 13.1. The zero-order valence-electron chi connectivity index (χ0n) is 13.3. The molecule has 0 amide bonds. The smallest absolute Gasteiger partial charge is 0.246 e.